The summed E-state index contributed by atoms with van der Waals surface area (Å²) in [7, 11) is 0. The minimum Gasteiger partial charge on any atom is -0.665 e. The van der Waals surface area contributed by atoms with E-state index in [1.807, 2.05) is 0 Å². The molecule has 1 amide bonds. The van der Waals surface area contributed by atoms with Crippen LogP contribution in [0.5, 0.6) is 0 Å². The van der Waals surface area contributed by atoms with Crippen molar-refractivity contribution in [2.75, 3.05) is 4.31 Å². The Kier molecular flexibility index (Phi) is 9.90. The maximum absolute atomic E-state index is 13.4. The van der Waals surface area contributed by atoms with Gasteiger partial charge in [0.05, 0.1) is 11.1 Å². The number of anilines is 1. The Bertz CT molecular complexity index is 1260. The van der Waals surface area contributed by atoms with Crippen molar-refractivity contribution < 1.29 is 104 Å². The maximum Gasteiger partial charge on any atom is 1.00 e. The van der Waals surface area contributed by atoms with Crippen molar-refractivity contribution in [1.82, 2.24) is 15.3 Å². The third-order valence-electron chi connectivity index (χ3n) is 5.94. The Balaban J connectivity index is 0.00000380. The summed E-state index contributed by atoms with van der Waals surface area (Å²) < 4.78 is 94.0. The summed E-state index contributed by atoms with van der Waals surface area (Å²) in [5.41, 5.74) is -1.10. The summed E-state index contributed by atoms with van der Waals surface area (Å²) in [6, 6.07) is 6.45. The number of aromatic nitrogens is 2. The molecule has 3 aromatic rings. The molecule has 1 aliphatic rings. The quantitative estimate of drug-likeness (QED) is 0.344. The van der Waals surface area contributed by atoms with Crippen molar-refractivity contribution in [3.8, 4) is 0 Å². The normalized spacial score (nSPS) is 18.3. The predicted octanol–water partition coefficient (Wildman–Crippen LogP) is 2.82. The number of carbonyl (C=O) groups is 1. The molecule has 0 bridgehead atoms. The molecule has 1 aromatic heterocycles. The number of rotatable bonds is 4. The summed E-state index contributed by atoms with van der Waals surface area (Å²) in [5.74, 6) is -2.80. The van der Waals surface area contributed by atoms with E-state index in [2.05, 4.69) is 15.3 Å². The van der Waals surface area contributed by atoms with E-state index in [0.717, 1.165) is 22.5 Å². The molecular formula is C23H18CsF7N4OS. The van der Waals surface area contributed by atoms with E-state index in [4.69, 9.17) is 12.8 Å². The van der Waals surface area contributed by atoms with Gasteiger partial charge in [0.2, 0.25) is 5.82 Å². The van der Waals surface area contributed by atoms with Gasteiger partial charge in [-0.1, -0.05) is 0 Å². The third kappa shape index (κ3) is 7.34. The molecule has 0 spiro atoms. The number of amides is 1. The van der Waals surface area contributed by atoms with Crippen LogP contribution in [0.3, 0.4) is 0 Å². The molecule has 1 saturated carbocycles. The molecular weight excluding hydrogens is 646 g/mol. The van der Waals surface area contributed by atoms with Crippen LogP contribution in [0.1, 0.15) is 47.4 Å². The molecule has 1 aliphatic carbocycles. The summed E-state index contributed by atoms with van der Waals surface area (Å²) in [5, 5.41) is 2.59. The topological polar surface area (TPSA) is 58.1 Å². The first-order chi connectivity index (χ1) is 16.8. The van der Waals surface area contributed by atoms with Crippen LogP contribution in [-0.2, 0) is 25.2 Å². The largest absolute Gasteiger partial charge is 1.00 e. The molecule has 4 rings (SSSR count). The average molecular weight is 664 g/mol. The Morgan fingerprint density at radius 1 is 0.919 bits per heavy atom. The molecule has 1 N–H and O–H groups in total. The van der Waals surface area contributed by atoms with Gasteiger partial charge in [0, 0.05) is 23.0 Å². The van der Waals surface area contributed by atoms with Gasteiger partial charge in [-0.3, -0.25) is 4.79 Å². The monoisotopic (exact) mass is 664 g/mol. The van der Waals surface area contributed by atoms with Crippen molar-refractivity contribution in [1.29, 1.82) is 0 Å². The number of carbonyl (C=O) groups excluding carboxylic acids is 1. The second-order valence-corrected chi connectivity index (χ2v) is 8.80. The number of alkyl halides is 6. The second-order valence-electron chi connectivity index (χ2n) is 8.41. The number of fused-ring (bicyclic) bond motifs is 1. The molecule has 0 unspecified atom stereocenters. The first kappa shape index (κ1) is 30.5. The molecule has 1 fully saturated rings. The van der Waals surface area contributed by atoms with Gasteiger partial charge < -0.3 is 22.4 Å². The average Bonchev–Trinajstić information content (AvgIpc) is 2.82. The zero-order valence-electron chi connectivity index (χ0n) is 19.3. The van der Waals surface area contributed by atoms with Gasteiger partial charge in [-0.2, -0.15) is 26.3 Å². The molecule has 0 aliphatic heterocycles. The van der Waals surface area contributed by atoms with Crippen LogP contribution in [0.15, 0.2) is 42.5 Å². The Morgan fingerprint density at radius 3 is 2.11 bits per heavy atom. The van der Waals surface area contributed by atoms with Gasteiger partial charge in [0.15, 0.2) is 0 Å². The van der Waals surface area contributed by atoms with Gasteiger partial charge in [0.25, 0.3) is 5.91 Å². The number of hydrogen-bond acceptors (Lipinski definition) is 5. The van der Waals surface area contributed by atoms with Crippen LogP contribution in [-0.4, -0.2) is 28.0 Å². The molecule has 14 heteroatoms. The van der Waals surface area contributed by atoms with E-state index < -0.39 is 47.3 Å². The molecule has 37 heavy (non-hydrogen) atoms. The van der Waals surface area contributed by atoms with E-state index in [-0.39, 0.29) is 91.4 Å². The van der Waals surface area contributed by atoms with Crippen molar-refractivity contribution >= 4 is 35.4 Å². The minimum absolute atomic E-state index is 0. The second kappa shape index (κ2) is 12.0. The fraction of sp³-hybridized carbons (Fsp3) is 0.348. The van der Waals surface area contributed by atoms with Crippen LogP contribution in [0, 0.1) is 5.82 Å². The van der Waals surface area contributed by atoms with Crippen molar-refractivity contribution in [2.45, 2.75) is 50.1 Å². The van der Waals surface area contributed by atoms with Gasteiger partial charge in [-0.15, -0.1) is 0 Å². The fourth-order valence-corrected chi connectivity index (χ4v) is 4.43. The number of hydrogen-bond donors (Lipinski definition) is 1. The fourth-order valence-electron chi connectivity index (χ4n) is 4.08. The number of nitrogens with zero attached hydrogens (tertiary/aromatic N) is 3. The Hall–Kier alpha value is -1.04. The summed E-state index contributed by atoms with van der Waals surface area (Å²) in [6.45, 7) is 0. The van der Waals surface area contributed by atoms with Crippen LogP contribution in [0.25, 0.3) is 10.9 Å². The SMILES string of the molecule is O=C(NC1CCC(N([S-])c2nc(C(F)(F)F)nc3ccc(C(F)(F)F)cc23)CC1)c1ccc(F)cc1.[Cs+]. The Labute approximate surface area is 271 Å². The van der Waals surface area contributed by atoms with Crippen LogP contribution in [0.4, 0.5) is 36.6 Å². The van der Waals surface area contributed by atoms with Gasteiger partial charge in [-0.05, 0) is 68.1 Å². The van der Waals surface area contributed by atoms with E-state index in [1.54, 1.807) is 0 Å². The van der Waals surface area contributed by atoms with Crippen molar-refractivity contribution in [3.05, 3.63) is 65.2 Å². The zero-order valence-corrected chi connectivity index (χ0v) is 26.4. The maximum atomic E-state index is 13.4. The summed E-state index contributed by atoms with van der Waals surface area (Å²) in [4.78, 5) is 19.3. The molecule has 0 saturated heterocycles. The summed E-state index contributed by atoms with van der Waals surface area (Å²) >= 11 is 5.36. The van der Waals surface area contributed by atoms with Crippen molar-refractivity contribution in [3.63, 3.8) is 0 Å². The standard InChI is InChI=1S/C23H18F7N4OS.Cs/c24-14-4-1-12(2-5-14)20(35)31-15-6-8-16(9-7-15)34(36)19-17-11-13(22(25,26)27)3-10-18(17)32-21(33-19)23(28,29)30;/h1-5,10-11,15-16H,6-9H2,(H,31,35);/q-1;+1. The first-order valence-corrected chi connectivity index (χ1v) is 11.2. The molecule has 5 nitrogen and oxygen atoms in total. The van der Waals surface area contributed by atoms with Crippen molar-refractivity contribution in [2.24, 2.45) is 0 Å². The number of halogens is 7. The smallest absolute Gasteiger partial charge is 0.665 e. The number of benzene rings is 2. The van der Waals surface area contributed by atoms with Gasteiger partial charge in [0.1, 0.15) is 11.6 Å². The molecule has 192 valence electrons. The predicted molar refractivity (Wildman–Crippen MR) is 119 cm³/mol. The van der Waals surface area contributed by atoms with Crippen LogP contribution < -0.4 is 78.5 Å². The molecule has 2 aromatic carbocycles. The van der Waals surface area contributed by atoms with Gasteiger partial charge in [-0.25, -0.2) is 14.4 Å². The van der Waals surface area contributed by atoms with Gasteiger partial charge >= 0.3 is 81.2 Å². The minimum atomic E-state index is -4.93. The van der Waals surface area contributed by atoms with Crippen LogP contribution >= 0.6 is 0 Å². The molecule has 1 heterocycles. The zero-order chi connectivity index (χ0) is 26.3. The van der Waals surface area contributed by atoms with E-state index in [1.165, 1.54) is 12.1 Å². The molecule has 0 radical (unpaired) electrons. The van der Waals surface area contributed by atoms with Crippen LogP contribution in [0.2, 0.25) is 0 Å². The first-order valence-electron chi connectivity index (χ1n) is 10.8. The molecule has 0 atom stereocenters. The summed E-state index contributed by atoms with van der Waals surface area (Å²) in [6.07, 6.45) is -8.10. The number of nitrogens with one attached hydrogen (secondary N) is 1. The Morgan fingerprint density at radius 2 is 1.54 bits per heavy atom. The van der Waals surface area contributed by atoms with E-state index >= 15 is 0 Å². The van der Waals surface area contributed by atoms with E-state index in [9.17, 15) is 35.5 Å². The third-order valence-corrected chi connectivity index (χ3v) is 6.41. The van der Waals surface area contributed by atoms with E-state index in [0.29, 0.717) is 37.8 Å².